The number of pyridine rings is 2. The summed E-state index contributed by atoms with van der Waals surface area (Å²) < 4.78 is 59.5. The molecule has 0 bridgehead atoms. The Kier molecular flexibility index (Phi) is 12.7. The summed E-state index contributed by atoms with van der Waals surface area (Å²) in [6, 6.07) is 10.6. The summed E-state index contributed by atoms with van der Waals surface area (Å²) in [7, 11) is -4.59. The Hall–Kier alpha value is -2.47. The zero-order chi connectivity index (χ0) is 31.6. The number of sulfonamides is 1. The second-order valence-electron chi connectivity index (χ2n) is 11.7. The SMILES string of the molecule is CC(COCCNS(=O)(=O)C(F)F)NC1CCC(Cc2cc(-c3cccc(NCC4(C#N)CCOCC4)n3)c(Cl)cn2)CC1. The first kappa shape index (κ1) is 34.4. The van der Waals surface area contributed by atoms with E-state index >= 15 is 0 Å². The van der Waals surface area contributed by atoms with Gasteiger partial charge in [0.25, 0.3) is 10.0 Å². The minimum absolute atomic E-state index is 0.0227. The first-order valence-corrected chi connectivity index (χ1v) is 17.0. The van der Waals surface area contributed by atoms with Crippen molar-refractivity contribution in [2.75, 3.05) is 44.8 Å². The molecule has 2 aromatic heterocycles. The van der Waals surface area contributed by atoms with E-state index in [0.717, 1.165) is 49.1 Å². The van der Waals surface area contributed by atoms with Crippen LogP contribution in [0.1, 0.15) is 51.1 Å². The molecular formula is C30H41ClF2N6O4S. The molecule has 1 atom stereocenters. The average molecular weight is 655 g/mol. The van der Waals surface area contributed by atoms with E-state index < -0.39 is 21.2 Å². The number of nitrogens with zero attached hydrogens (tertiary/aromatic N) is 3. The summed E-state index contributed by atoms with van der Waals surface area (Å²) in [5.74, 6) is -2.26. The Bertz CT molecular complexity index is 1370. The zero-order valence-corrected chi connectivity index (χ0v) is 26.5. The predicted octanol–water partition coefficient (Wildman–Crippen LogP) is 4.77. The fourth-order valence-corrected chi connectivity index (χ4v) is 6.38. The number of rotatable bonds is 15. The number of nitriles is 1. The second-order valence-corrected chi connectivity index (χ2v) is 13.8. The lowest BCUT2D eigenvalue weighted by atomic mass is 9.82. The second kappa shape index (κ2) is 16.2. The third kappa shape index (κ3) is 10.0. The van der Waals surface area contributed by atoms with Crippen LogP contribution in [-0.2, 0) is 25.9 Å². The Morgan fingerprint density at radius 3 is 2.68 bits per heavy atom. The number of ether oxygens (including phenoxy) is 2. The van der Waals surface area contributed by atoms with Crippen LogP contribution in [-0.4, -0.2) is 75.7 Å². The van der Waals surface area contributed by atoms with Crippen LogP contribution in [0.4, 0.5) is 14.6 Å². The number of halogens is 3. The fraction of sp³-hybridized carbons (Fsp3) is 0.633. The maximum Gasteiger partial charge on any atom is 0.350 e. The van der Waals surface area contributed by atoms with Gasteiger partial charge in [0.1, 0.15) is 5.82 Å². The number of aromatic nitrogens is 2. The molecule has 1 aliphatic heterocycles. The molecule has 14 heteroatoms. The largest absolute Gasteiger partial charge is 0.381 e. The van der Waals surface area contributed by atoms with Crippen LogP contribution >= 0.6 is 11.6 Å². The van der Waals surface area contributed by atoms with E-state index in [-0.39, 0.29) is 19.2 Å². The molecule has 242 valence electrons. The van der Waals surface area contributed by atoms with Crippen molar-refractivity contribution in [3.05, 3.63) is 41.2 Å². The third-order valence-electron chi connectivity index (χ3n) is 8.25. The van der Waals surface area contributed by atoms with Crippen molar-refractivity contribution in [3.63, 3.8) is 0 Å². The fourth-order valence-electron chi connectivity index (χ4n) is 5.68. The standard InChI is InChI=1S/C30H41ClF2N6O4S/c1-21(18-43-14-11-37-44(40,41)29(32)33)38-23-7-5-22(6-8-23)15-24-16-25(26(31)17-35-24)27-3-2-4-28(39-27)36-20-30(19-34)9-12-42-13-10-30/h2-4,16-17,21-23,29,37-38H,5-15,18,20H2,1H3,(H,36,39). The van der Waals surface area contributed by atoms with Gasteiger partial charge in [-0.05, 0) is 76.0 Å². The molecule has 1 saturated carbocycles. The van der Waals surface area contributed by atoms with Crippen LogP contribution in [0, 0.1) is 22.7 Å². The van der Waals surface area contributed by atoms with Crippen LogP contribution in [0.2, 0.25) is 5.02 Å². The molecule has 0 radical (unpaired) electrons. The average Bonchev–Trinajstić information content (AvgIpc) is 3.02. The maximum absolute atomic E-state index is 12.3. The van der Waals surface area contributed by atoms with Gasteiger partial charge in [-0.3, -0.25) is 4.98 Å². The normalized spacial score (nSPS) is 21.1. The lowest BCUT2D eigenvalue weighted by molar-refractivity contribution is 0.0455. The van der Waals surface area contributed by atoms with Gasteiger partial charge in [0.15, 0.2) is 0 Å². The molecule has 0 spiro atoms. The lowest BCUT2D eigenvalue weighted by Crippen LogP contribution is -2.42. The summed E-state index contributed by atoms with van der Waals surface area (Å²) in [6.07, 6.45) is 8.03. The van der Waals surface area contributed by atoms with Crippen LogP contribution in [0.25, 0.3) is 11.3 Å². The zero-order valence-electron chi connectivity index (χ0n) is 24.9. The van der Waals surface area contributed by atoms with E-state index in [9.17, 15) is 22.5 Å². The van der Waals surface area contributed by atoms with Gasteiger partial charge >= 0.3 is 5.76 Å². The Morgan fingerprint density at radius 2 is 1.98 bits per heavy atom. The highest BCUT2D eigenvalue weighted by atomic mass is 35.5. The van der Waals surface area contributed by atoms with Gasteiger partial charge < -0.3 is 20.1 Å². The molecule has 3 N–H and O–H groups in total. The van der Waals surface area contributed by atoms with Gasteiger partial charge in [0.05, 0.1) is 35.4 Å². The Labute approximate surface area is 263 Å². The van der Waals surface area contributed by atoms with Crippen LogP contribution in [0.15, 0.2) is 30.5 Å². The van der Waals surface area contributed by atoms with Crippen LogP contribution < -0.4 is 15.4 Å². The topological polar surface area (TPSA) is 138 Å². The molecule has 2 aliphatic rings. The van der Waals surface area contributed by atoms with E-state index in [0.29, 0.717) is 62.0 Å². The number of hydrogen-bond donors (Lipinski definition) is 3. The smallest absolute Gasteiger partial charge is 0.350 e. The summed E-state index contributed by atoms with van der Waals surface area (Å²) in [4.78, 5) is 9.39. The molecular weight excluding hydrogens is 614 g/mol. The van der Waals surface area contributed by atoms with E-state index in [1.54, 1.807) is 6.20 Å². The molecule has 0 aromatic carbocycles. The summed E-state index contributed by atoms with van der Waals surface area (Å²) in [5, 5.41) is 17.2. The molecule has 2 aromatic rings. The summed E-state index contributed by atoms with van der Waals surface area (Å²) >= 11 is 6.56. The van der Waals surface area contributed by atoms with Crippen LogP contribution in [0.3, 0.4) is 0 Å². The van der Waals surface area contributed by atoms with Crippen molar-refractivity contribution < 1.29 is 26.7 Å². The van der Waals surface area contributed by atoms with E-state index in [1.165, 1.54) is 0 Å². The van der Waals surface area contributed by atoms with Crippen molar-refractivity contribution in [2.24, 2.45) is 11.3 Å². The summed E-state index contributed by atoms with van der Waals surface area (Å²) in [5.41, 5.74) is 2.09. The number of anilines is 1. The van der Waals surface area contributed by atoms with Gasteiger partial charge in [0.2, 0.25) is 0 Å². The van der Waals surface area contributed by atoms with Gasteiger partial charge in [-0.15, -0.1) is 0 Å². The van der Waals surface area contributed by atoms with Gasteiger partial charge in [0, 0.05) is 55.8 Å². The van der Waals surface area contributed by atoms with Crippen molar-refractivity contribution >= 4 is 27.4 Å². The highest BCUT2D eigenvalue weighted by molar-refractivity contribution is 7.89. The third-order valence-corrected chi connectivity index (χ3v) is 9.63. The molecule has 3 heterocycles. The number of alkyl halides is 2. The minimum atomic E-state index is -4.59. The molecule has 1 unspecified atom stereocenters. The monoisotopic (exact) mass is 654 g/mol. The maximum atomic E-state index is 12.3. The van der Waals surface area contributed by atoms with Crippen molar-refractivity contribution in [3.8, 4) is 17.3 Å². The molecule has 0 amide bonds. The minimum Gasteiger partial charge on any atom is -0.381 e. The quantitative estimate of drug-likeness (QED) is 0.232. The highest BCUT2D eigenvalue weighted by Crippen LogP contribution is 2.33. The predicted molar refractivity (Wildman–Crippen MR) is 165 cm³/mol. The van der Waals surface area contributed by atoms with Gasteiger partial charge in [-0.25, -0.2) is 18.1 Å². The van der Waals surface area contributed by atoms with E-state index in [2.05, 4.69) is 21.7 Å². The highest BCUT2D eigenvalue weighted by Gasteiger charge is 2.32. The van der Waals surface area contributed by atoms with Crippen LogP contribution in [0.5, 0.6) is 0 Å². The molecule has 44 heavy (non-hydrogen) atoms. The van der Waals surface area contributed by atoms with Crippen molar-refractivity contribution in [2.45, 2.75) is 69.7 Å². The number of hydrogen-bond acceptors (Lipinski definition) is 9. The van der Waals surface area contributed by atoms with E-state index in [1.807, 2.05) is 35.9 Å². The van der Waals surface area contributed by atoms with Crippen molar-refractivity contribution in [1.29, 1.82) is 5.26 Å². The molecule has 4 rings (SSSR count). The summed E-state index contributed by atoms with van der Waals surface area (Å²) in [6.45, 7) is 3.86. The number of nitrogens with one attached hydrogen (secondary N) is 3. The van der Waals surface area contributed by atoms with E-state index in [4.69, 9.17) is 26.1 Å². The molecule has 10 nitrogen and oxygen atoms in total. The molecule has 1 aliphatic carbocycles. The van der Waals surface area contributed by atoms with Gasteiger partial charge in [-0.2, -0.15) is 14.0 Å². The van der Waals surface area contributed by atoms with Gasteiger partial charge in [-0.1, -0.05) is 17.7 Å². The molecule has 1 saturated heterocycles. The first-order chi connectivity index (χ1) is 21.1. The molecule has 2 fully saturated rings. The Balaban J connectivity index is 1.23. The first-order valence-electron chi connectivity index (χ1n) is 15.0. The Morgan fingerprint density at radius 1 is 1.23 bits per heavy atom. The van der Waals surface area contributed by atoms with Crippen molar-refractivity contribution in [1.82, 2.24) is 20.0 Å². The lowest BCUT2D eigenvalue weighted by Gasteiger charge is -2.31.